The molecule has 19 heavy (non-hydrogen) atoms. The van der Waals surface area contributed by atoms with E-state index in [1.165, 1.54) is 0 Å². The van der Waals surface area contributed by atoms with Gasteiger partial charge in [-0.3, -0.25) is 9.59 Å². The van der Waals surface area contributed by atoms with Crippen LogP contribution in [0.1, 0.15) is 46.0 Å². The van der Waals surface area contributed by atoms with Crippen LogP contribution in [-0.2, 0) is 9.59 Å². The predicted octanol–water partition coefficient (Wildman–Crippen LogP) is 1.46. The van der Waals surface area contributed by atoms with Crippen molar-refractivity contribution in [2.45, 2.75) is 46.0 Å². The molecule has 0 spiro atoms. The van der Waals surface area contributed by atoms with E-state index in [2.05, 4.69) is 0 Å². The number of amides is 1. The van der Waals surface area contributed by atoms with Crippen LogP contribution in [0, 0.1) is 11.3 Å². The molecule has 3 N–H and O–H groups in total. The molecule has 1 aliphatic heterocycles. The maximum Gasteiger partial charge on any atom is 0.311 e. The van der Waals surface area contributed by atoms with Gasteiger partial charge in [0, 0.05) is 19.6 Å². The van der Waals surface area contributed by atoms with E-state index in [9.17, 15) is 14.7 Å². The molecule has 5 nitrogen and oxygen atoms in total. The van der Waals surface area contributed by atoms with Crippen LogP contribution in [0.15, 0.2) is 0 Å². The molecule has 1 amide bonds. The van der Waals surface area contributed by atoms with E-state index in [1.807, 2.05) is 13.8 Å². The Kier molecular flexibility index (Phi) is 5.79. The van der Waals surface area contributed by atoms with Crippen LogP contribution in [0.2, 0.25) is 0 Å². The molecule has 5 heteroatoms. The lowest BCUT2D eigenvalue weighted by Gasteiger charge is -2.26. The van der Waals surface area contributed by atoms with Crippen LogP contribution < -0.4 is 5.73 Å². The number of carbonyl (C=O) groups is 2. The number of likely N-dealkylation sites (tertiary alicyclic amines) is 1. The Morgan fingerprint density at radius 3 is 2.53 bits per heavy atom. The van der Waals surface area contributed by atoms with Crippen molar-refractivity contribution in [1.29, 1.82) is 0 Å². The Balaban J connectivity index is 2.73. The van der Waals surface area contributed by atoms with Crippen LogP contribution in [0.4, 0.5) is 0 Å². The van der Waals surface area contributed by atoms with Crippen LogP contribution in [-0.4, -0.2) is 41.5 Å². The fourth-order valence-electron chi connectivity index (χ4n) is 2.97. The van der Waals surface area contributed by atoms with Crippen molar-refractivity contribution in [3.63, 3.8) is 0 Å². The minimum absolute atomic E-state index is 0.0311. The summed E-state index contributed by atoms with van der Waals surface area (Å²) in [6.45, 7) is 5.24. The van der Waals surface area contributed by atoms with Crippen molar-refractivity contribution in [1.82, 2.24) is 4.90 Å². The first-order valence-electron chi connectivity index (χ1n) is 7.23. The molecule has 1 rings (SSSR count). The van der Waals surface area contributed by atoms with E-state index in [0.717, 1.165) is 19.3 Å². The highest BCUT2D eigenvalue weighted by atomic mass is 16.4. The quantitative estimate of drug-likeness (QED) is 0.733. The summed E-state index contributed by atoms with van der Waals surface area (Å²) in [5.41, 5.74) is 4.91. The van der Waals surface area contributed by atoms with E-state index in [4.69, 9.17) is 5.73 Å². The minimum atomic E-state index is -0.774. The number of nitrogens with zero attached hydrogens (tertiary/aromatic N) is 1. The number of hydrogen-bond donors (Lipinski definition) is 2. The van der Waals surface area contributed by atoms with Crippen LogP contribution in [0.3, 0.4) is 0 Å². The Morgan fingerprint density at radius 1 is 1.37 bits per heavy atom. The third kappa shape index (κ3) is 3.47. The standard InChI is InChI=1S/C14H26N2O3/c1-3-5-11(9-15)12(17)16-8-7-14(10-16,6-4-2)13(18)19/h11H,3-10,15H2,1-2H3,(H,18,19). The van der Waals surface area contributed by atoms with Gasteiger partial charge < -0.3 is 15.7 Å². The summed E-state index contributed by atoms with van der Waals surface area (Å²) in [5.74, 6) is -0.899. The first-order valence-corrected chi connectivity index (χ1v) is 7.23. The van der Waals surface area contributed by atoms with Gasteiger partial charge >= 0.3 is 5.97 Å². The molecule has 0 aromatic rings. The summed E-state index contributed by atoms with van der Waals surface area (Å²) in [4.78, 5) is 25.5. The van der Waals surface area contributed by atoms with Crippen LogP contribution in [0.5, 0.6) is 0 Å². The maximum atomic E-state index is 12.3. The third-order valence-electron chi connectivity index (χ3n) is 4.12. The summed E-state index contributed by atoms with van der Waals surface area (Å²) in [7, 11) is 0. The Bertz CT molecular complexity index is 333. The fraction of sp³-hybridized carbons (Fsp3) is 0.857. The van der Waals surface area contributed by atoms with Gasteiger partial charge in [0.25, 0.3) is 0 Å². The molecule has 1 fully saturated rings. The molecular formula is C14H26N2O3. The highest BCUT2D eigenvalue weighted by Crippen LogP contribution is 2.36. The fourth-order valence-corrected chi connectivity index (χ4v) is 2.97. The van der Waals surface area contributed by atoms with E-state index >= 15 is 0 Å². The molecule has 0 aromatic heterocycles. The second kappa shape index (κ2) is 6.89. The smallest absolute Gasteiger partial charge is 0.311 e. The predicted molar refractivity (Wildman–Crippen MR) is 73.6 cm³/mol. The highest BCUT2D eigenvalue weighted by molar-refractivity contribution is 5.82. The first-order chi connectivity index (χ1) is 9.00. The second-order valence-electron chi connectivity index (χ2n) is 5.57. The summed E-state index contributed by atoms with van der Waals surface area (Å²) < 4.78 is 0. The Labute approximate surface area is 115 Å². The van der Waals surface area contributed by atoms with E-state index in [1.54, 1.807) is 4.90 Å². The monoisotopic (exact) mass is 270 g/mol. The summed E-state index contributed by atoms with van der Waals surface area (Å²) in [6.07, 6.45) is 3.71. The summed E-state index contributed by atoms with van der Waals surface area (Å²) >= 11 is 0. The lowest BCUT2D eigenvalue weighted by atomic mass is 9.83. The normalized spacial score (nSPS) is 24.5. The van der Waals surface area contributed by atoms with Crippen LogP contribution in [0.25, 0.3) is 0 Å². The van der Waals surface area contributed by atoms with Crippen molar-refractivity contribution in [2.75, 3.05) is 19.6 Å². The minimum Gasteiger partial charge on any atom is -0.481 e. The second-order valence-corrected chi connectivity index (χ2v) is 5.57. The zero-order valence-corrected chi connectivity index (χ0v) is 12.0. The largest absolute Gasteiger partial charge is 0.481 e. The zero-order chi connectivity index (χ0) is 14.5. The van der Waals surface area contributed by atoms with Crippen molar-refractivity contribution in [3.05, 3.63) is 0 Å². The molecule has 1 saturated heterocycles. The molecule has 1 aliphatic rings. The third-order valence-corrected chi connectivity index (χ3v) is 4.12. The number of rotatable bonds is 7. The molecular weight excluding hydrogens is 244 g/mol. The topological polar surface area (TPSA) is 83.6 Å². The SMILES string of the molecule is CCCC(CN)C(=O)N1CCC(CCC)(C(=O)O)C1. The molecule has 0 aliphatic carbocycles. The molecule has 110 valence electrons. The van der Waals surface area contributed by atoms with E-state index in [0.29, 0.717) is 32.5 Å². The molecule has 0 bridgehead atoms. The van der Waals surface area contributed by atoms with Crippen molar-refractivity contribution < 1.29 is 14.7 Å². The first kappa shape index (κ1) is 16.0. The zero-order valence-electron chi connectivity index (χ0n) is 12.0. The number of carboxylic acids is 1. The van der Waals surface area contributed by atoms with Gasteiger partial charge in [0.2, 0.25) is 5.91 Å². The van der Waals surface area contributed by atoms with Gasteiger partial charge in [-0.25, -0.2) is 0 Å². The lowest BCUT2D eigenvalue weighted by molar-refractivity contribution is -0.149. The van der Waals surface area contributed by atoms with Gasteiger partial charge in [0.15, 0.2) is 0 Å². The molecule has 1 heterocycles. The van der Waals surface area contributed by atoms with Crippen molar-refractivity contribution in [2.24, 2.45) is 17.1 Å². The summed E-state index contributed by atoms with van der Waals surface area (Å²) in [6, 6.07) is 0. The van der Waals surface area contributed by atoms with Gasteiger partial charge in [-0.05, 0) is 19.3 Å². The highest BCUT2D eigenvalue weighted by Gasteiger charge is 2.45. The van der Waals surface area contributed by atoms with Crippen molar-refractivity contribution in [3.8, 4) is 0 Å². The average Bonchev–Trinajstić information content (AvgIpc) is 2.81. The van der Waals surface area contributed by atoms with Gasteiger partial charge in [0.05, 0.1) is 11.3 Å². The van der Waals surface area contributed by atoms with Gasteiger partial charge in [0.1, 0.15) is 0 Å². The molecule has 2 unspecified atom stereocenters. The van der Waals surface area contributed by atoms with E-state index < -0.39 is 11.4 Å². The number of hydrogen-bond acceptors (Lipinski definition) is 3. The summed E-state index contributed by atoms with van der Waals surface area (Å²) in [5, 5.41) is 9.43. The lowest BCUT2D eigenvalue weighted by Crippen LogP contribution is -2.41. The maximum absolute atomic E-state index is 12.3. The number of nitrogens with two attached hydrogens (primary N) is 1. The molecule has 2 atom stereocenters. The van der Waals surface area contributed by atoms with Crippen LogP contribution >= 0.6 is 0 Å². The number of carboxylic acid groups (broad SMARTS) is 1. The van der Waals surface area contributed by atoms with Gasteiger partial charge in [-0.15, -0.1) is 0 Å². The Morgan fingerprint density at radius 2 is 2.05 bits per heavy atom. The van der Waals surface area contributed by atoms with Gasteiger partial charge in [-0.2, -0.15) is 0 Å². The molecule has 0 radical (unpaired) electrons. The Hall–Kier alpha value is -1.10. The molecule has 0 saturated carbocycles. The van der Waals surface area contributed by atoms with Crippen molar-refractivity contribution >= 4 is 11.9 Å². The number of aliphatic carboxylic acids is 1. The van der Waals surface area contributed by atoms with Gasteiger partial charge in [-0.1, -0.05) is 26.7 Å². The van der Waals surface area contributed by atoms with E-state index in [-0.39, 0.29) is 11.8 Å². The number of carbonyl (C=O) groups excluding carboxylic acids is 1. The average molecular weight is 270 g/mol. The molecule has 0 aromatic carbocycles.